The van der Waals surface area contributed by atoms with Crippen LogP contribution in [0.3, 0.4) is 0 Å². The van der Waals surface area contributed by atoms with Crippen molar-refractivity contribution in [3.8, 4) is 11.3 Å². The molecule has 1 aliphatic rings. The third-order valence-corrected chi connectivity index (χ3v) is 5.41. The summed E-state index contributed by atoms with van der Waals surface area (Å²) in [5.41, 5.74) is 2.95. The van der Waals surface area contributed by atoms with E-state index in [1.165, 1.54) is 0 Å². The van der Waals surface area contributed by atoms with Crippen molar-refractivity contribution in [3.05, 3.63) is 35.9 Å². The molecular weight excluding hydrogens is 394 g/mol. The zero-order valence-corrected chi connectivity index (χ0v) is 19.3. The standard InChI is InChI=1S/C24H37N3O4/c1-18(2)16-30-17-21(28)14-27(19(3)4)15-22-23(20-8-6-5-7-9-20)25-31-24(22)26-10-12-29-13-11-26/h5-9,18-19,21,28H,10-17H2,1-4H3/t21-/m1/s1. The van der Waals surface area contributed by atoms with Crippen molar-refractivity contribution in [2.24, 2.45) is 5.92 Å². The summed E-state index contributed by atoms with van der Waals surface area (Å²) in [4.78, 5) is 4.46. The van der Waals surface area contributed by atoms with E-state index in [9.17, 15) is 5.11 Å². The van der Waals surface area contributed by atoms with Crippen LogP contribution in [0, 0.1) is 5.92 Å². The number of hydrogen-bond acceptors (Lipinski definition) is 7. The molecule has 1 aromatic heterocycles. The van der Waals surface area contributed by atoms with Crippen LogP contribution in [0.1, 0.15) is 33.3 Å². The zero-order valence-electron chi connectivity index (χ0n) is 19.3. The van der Waals surface area contributed by atoms with Gasteiger partial charge in [-0.15, -0.1) is 0 Å². The molecule has 2 heterocycles. The SMILES string of the molecule is CC(C)COC[C@H](O)CN(Cc1c(-c2ccccc2)noc1N1CCOCC1)C(C)C. The summed E-state index contributed by atoms with van der Waals surface area (Å²) in [5, 5.41) is 15.0. The van der Waals surface area contributed by atoms with Crippen LogP contribution in [0.25, 0.3) is 11.3 Å². The number of nitrogens with zero attached hydrogens (tertiary/aromatic N) is 3. The number of anilines is 1. The first kappa shape index (κ1) is 23.7. The van der Waals surface area contributed by atoms with E-state index in [-0.39, 0.29) is 6.04 Å². The van der Waals surface area contributed by atoms with Crippen molar-refractivity contribution in [1.82, 2.24) is 10.1 Å². The summed E-state index contributed by atoms with van der Waals surface area (Å²) < 4.78 is 17.0. The second-order valence-electron chi connectivity index (χ2n) is 8.89. The van der Waals surface area contributed by atoms with Crippen molar-refractivity contribution in [3.63, 3.8) is 0 Å². The number of aliphatic hydroxyl groups excluding tert-OH is 1. The molecule has 1 saturated heterocycles. The van der Waals surface area contributed by atoms with E-state index in [2.05, 4.69) is 54.8 Å². The molecule has 0 radical (unpaired) electrons. The van der Waals surface area contributed by atoms with Gasteiger partial charge in [0.05, 0.1) is 31.5 Å². The molecule has 1 fully saturated rings. The molecule has 0 unspecified atom stereocenters. The summed E-state index contributed by atoms with van der Waals surface area (Å²) in [6.45, 7) is 13.6. The first-order valence-electron chi connectivity index (χ1n) is 11.3. The van der Waals surface area contributed by atoms with E-state index in [0.717, 1.165) is 35.8 Å². The van der Waals surface area contributed by atoms with Gasteiger partial charge in [-0.25, -0.2) is 0 Å². The van der Waals surface area contributed by atoms with Crippen LogP contribution < -0.4 is 4.90 Å². The van der Waals surface area contributed by atoms with Gasteiger partial charge in [0.1, 0.15) is 5.69 Å². The van der Waals surface area contributed by atoms with Crippen LogP contribution in [0.2, 0.25) is 0 Å². The van der Waals surface area contributed by atoms with Gasteiger partial charge < -0.3 is 24.0 Å². The Morgan fingerprint density at radius 2 is 1.81 bits per heavy atom. The summed E-state index contributed by atoms with van der Waals surface area (Å²) in [6.07, 6.45) is -0.548. The van der Waals surface area contributed by atoms with E-state index in [1.807, 2.05) is 18.2 Å². The van der Waals surface area contributed by atoms with Crippen LogP contribution in [-0.4, -0.2) is 73.4 Å². The topological polar surface area (TPSA) is 71.2 Å². The van der Waals surface area contributed by atoms with Gasteiger partial charge in [-0.2, -0.15) is 0 Å². The van der Waals surface area contributed by atoms with E-state index in [1.54, 1.807) is 0 Å². The molecule has 7 nitrogen and oxygen atoms in total. The van der Waals surface area contributed by atoms with Gasteiger partial charge in [0.25, 0.3) is 0 Å². The molecule has 172 valence electrons. The van der Waals surface area contributed by atoms with Crippen LogP contribution in [0.4, 0.5) is 5.88 Å². The van der Waals surface area contributed by atoms with Gasteiger partial charge in [-0.3, -0.25) is 4.90 Å². The Morgan fingerprint density at radius 1 is 1.10 bits per heavy atom. The van der Waals surface area contributed by atoms with Gasteiger partial charge in [0.15, 0.2) is 0 Å². The van der Waals surface area contributed by atoms with Crippen molar-refractivity contribution in [2.45, 2.75) is 46.4 Å². The number of morpholine rings is 1. The average molecular weight is 432 g/mol. The Hall–Kier alpha value is -1.93. The lowest BCUT2D eigenvalue weighted by atomic mass is 10.1. The number of ether oxygens (including phenoxy) is 2. The minimum atomic E-state index is -0.548. The van der Waals surface area contributed by atoms with Gasteiger partial charge in [-0.1, -0.05) is 49.3 Å². The van der Waals surface area contributed by atoms with Gasteiger partial charge in [0.2, 0.25) is 5.88 Å². The molecule has 0 spiro atoms. The number of rotatable bonds is 11. The van der Waals surface area contributed by atoms with Gasteiger partial charge in [-0.05, 0) is 19.8 Å². The third kappa shape index (κ3) is 6.77. The number of benzene rings is 1. The molecule has 0 saturated carbocycles. The lowest BCUT2D eigenvalue weighted by Crippen LogP contribution is -2.40. The van der Waals surface area contributed by atoms with Gasteiger partial charge >= 0.3 is 0 Å². The van der Waals surface area contributed by atoms with Crippen LogP contribution >= 0.6 is 0 Å². The lowest BCUT2D eigenvalue weighted by Gasteiger charge is -2.31. The van der Waals surface area contributed by atoms with Crippen LogP contribution in [0.15, 0.2) is 34.9 Å². The van der Waals surface area contributed by atoms with Crippen molar-refractivity contribution >= 4 is 5.88 Å². The van der Waals surface area contributed by atoms with E-state index >= 15 is 0 Å². The number of hydrogen-bond donors (Lipinski definition) is 1. The molecule has 31 heavy (non-hydrogen) atoms. The van der Waals surface area contributed by atoms with Crippen molar-refractivity contribution < 1.29 is 19.1 Å². The van der Waals surface area contributed by atoms with E-state index < -0.39 is 6.10 Å². The largest absolute Gasteiger partial charge is 0.389 e. The maximum Gasteiger partial charge on any atom is 0.232 e. The fourth-order valence-corrected chi connectivity index (χ4v) is 3.71. The zero-order chi connectivity index (χ0) is 22.2. The Bertz CT molecular complexity index is 772. The maximum absolute atomic E-state index is 10.6. The summed E-state index contributed by atoms with van der Waals surface area (Å²) >= 11 is 0. The van der Waals surface area contributed by atoms with Crippen molar-refractivity contribution in [2.75, 3.05) is 51.0 Å². The van der Waals surface area contributed by atoms with E-state index in [0.29, 0.717) is 45.4 Å². The smallest absolute Gasteiger partial charge is 0.232 e. The fourth-order valence-electron chi connectivity index (χ4n) is 3.71. The highest BCUT2D eigenvalue weighted by atomic mass is 16.5. The first-order chi connectivity index (χ1) is 15.0. The first-order valence-corrected chi connectivity index (χ1v) is 11.3. The average Bonchev–Trinajstić information content (AvgIpc) is 3.17. The normalized spacial score (nSPS) is 15.9. The summed E-state index contributed by atoms with van der Waals surface area (Å²) in [5.74, 6) is 1.26. The molecule has 0 bridgehead atoms. The third-order valence-electron chi connectivity index (χ3n) is 5.41. The molecule has 0 amide bonds. The Kier molecular flexibility index (Phi) is 8.90. The monoisotopic (exact) mass is 431 g/mol. The Morgan fingerprint density at radius 3 is 2.45 bits per heavy atom. The maximum atomic E-state index is 10.6. The molecular formula is C24H37N3O4. The predicted molar refractivity (Wildman–Crippen MR) is 122 cm³/mol. The van der Waals surface area contributed by atoms with Crippen LogP contribution in [0.5, 0.6) is 0 Å². The Labute approximate surface area is 185 Å². The number of aliphatic hydroxyl groups is 1. The summed E-state index contributed by atoms with van der Waals surface area (Å²) in [6, 6.07) is 10.4. The highest BCUT2D eigenvalue weighted by Crippen LogP contribution is 2.33. The van der Waals surface area contributed by atoms with Crippen LogP contribution in [-0.2, 0) is 16.0 Å². The fraction of sp³-hybridized carbons (Fsp3) is 0.625. The summed E-state index contributed by atoms with van der Waals surface area (Å²) in [7, 11) is 0. The molecule has 1 atom stereocenters. The Balaban J connectivity index is 1.81. The molecule has 0 aliphatic carbocycles. The van der Waals surface area contributed by atoms with Crippen molar-refractivity contribution in [1.29, 1.82) is 0 Å². The highest BCUT2D eigenvalue weighted by molar-refractivity contribution is 5.68. The van der Waals surface area contributed by atoms with E-state index in [4.69, 9.17) is 14.0 Å². The number of aromatic nitrogens is 1. The molecule has 1 aromatic carbocycles. The molecule has 1 N–H and O–H groups in total. The minimum Gasteiger partial charge on any atom is -0.389 e. The minimum absolute atomic E-state index is 0.246. The molecule has 2 aromatic rings. The second-order valence-corrected chi connectivity index (χ2v) is 8.89. The second kappa shape index (κ2) is 11.6. The van der Waals surface area contributed by atoms with Gasteiger partial charge in [0, 0.05) is 44.4 Å². The molecule has 3 rings (SSSR count). The lowest BCUT2D eigenvalue weighted by molar-refractivity contribution is 0.00175. The highest BCUT2D eigenvalue weighted by Gasteiger charge is 2.27. The predicted octanol–water partition coefficient (Wildman–Crippen LogP) is 3.42. The quantitative estimate of drug-likeness (QED) is 0.584. The molecule has 1 aliphatic heterocycles. The molecule has 7 heteroatoms.